The Bertz CT molecular complexity index is 639. The molecule has 2 amide bonds. The minimum atomic E-state index is -0.652. The second-order valence-electron chi connectivity index (χ2n) is 6.71. The molecule has 1 aliphatic rings. The van der Waals surface area contributed by atoms with Gasteiger partial charge in [-0.1, -0.05) is 35.5 Å². The van der Waals surface area contributed by atoms with Gasteiger partial charge in [-0.3, -0.25) is 4.90 Å². The van der Waals surface area contributed by atoms with Gasteiger partial charge in [-0.2, -0.15) is 0 Å². The van der Waals surface area contributed by atoms with Crippen LogP contribution in [0.1, 0.15) is 26.3 Å². The number of likely N-dealkylation sites (tertiary alicyclic amines) is 1. The molecule has 0 saturated carbocycles. The highest BCUT2D eigenvalue weighted by atomic mass is 16.6. The van der Waals surface area contributed by atoms with Gasteiger partial charge in [0.2, 0.25) is 0 Å². The minimum absolute atomic E-state index is 0.0784. The average molecular weight is 349 g/mol. The lowest BCUT2D eigenvalue weighted by atomic mass is 10.2. The number of ether oxygens (including phenoxy) is 2. The molecule has 0 aromatic heterocycles. The molecular formula is C17H23N3O5. The highest BCUT2D eigenvalue weighted by Crippen LogP contribution is 2.14. The summed E-state index contributed by atoms with van der Waals surface area (Å²) in [4.78, 5) is 25.4. The van der Waals surface area contributed by atoms with Gasteiger partial charge in [0.1, 0.15) is 17.9 Å². The van der Waals surface area contributed by atoms with Gasteiger partial charge < -0.3 is 20.0 Å². The van der Waals surface area contributed by atoms with E-state index in [4.69, 9.17) is 14.7 Å². The van der Waals surface area contributed by atoms with Gasteiger partial charge in [-0.25, -0.2) is 9.59 Å². The molecule has 1 aliphatic heterocycles. The Labute approximate surface area is 146 Å². The first-order chi connectivity index (χ1) is 11.8. The number of hydrogen-bond acceptors (Lipinski definition) is 6. The number of nitrogens with one attached hydrogen (secondary N) is 1. The van der Waals surface area contributed by atoms with Crippen molar-refractivity contribution in [3.8, 4) is 0 Å². The van der Waals surface area contributed by atoms with E-state index in [9.17, 15) is 9.59 Å². The highest BCUT2D eigenvalue weighted by molar-refractivity contribution is 5.97. The Morgan fingerprint density at radius 1 is 1.32 bits per heavy atom. The van der Waals surface area contributed by atoms with Crippen molar-refractivity contribution in [3.05, 3.63) is 35.9 Å². The van der Waals surface area contributed by atoms with Crippen molar-refractivity contribution in [2.24, 2.45) is 5.16 Å². The summed E-state index contributed by atoms with van der Waals surface area (Å²) in [5.74, 6) is 0. The molecule has 1 unspecified atom stereocenters. The quantitative estimate of drug-likeness (QED) is 0.644. The minimum Gasteiger partial charge on any atom is -0.445 e. The van der Waals surface area contributed by atoms with Crippen molar-refractivity contribution in [2.75, 3.05) is 13.1 Å². The van der Waals surface area contributed by atoms with Gasteiger partial charge in [-0.15, -0.1) is 0 Å². The molecule has 2 N–H and O–H groups in total. The Hall–Kier alpha value is -2.77. The van der Waals surface area contributed by atoms with Gasteiger partial charge >= 0.3 is 12.2 Å². The zero-order chi connectivity index (χ0) is 18.4. The summed E-state index contributed by atoms with van der Waals surface area (Å²) in [5.41, 5.74) is 0.492. The van der Waals surface area contributed by atoms with E-state index in [1.54, 1.807) is 20.8 Å². The van der Waals surface area contributed by atoms with Gasteiger partial charge in [0, 0.05) is 0 Å². The Morgan fingerprint density at radius 2 is 2.00 bits per heavy atom. The lowest BCUT2D eigenvalue weighted by molar-refractivity contribution is 0.0295. The topological polar surface area (TPSA) is 100 Å². The Balaban J connectivity index is 1.88. The van der Waals surface area contributed by atoms with E-state index >= 15 is 0 Å². The molecule has 0 aliphatic carbocycles. The highest BCUT2D eigenvalue weighted by Gasteiger charge is 2.36. The Kier molecular flexibility index (Phi) is 5.84. The van der Waals surface area contributed by atoms with Crippen LogP contribution in [0.5, 0.6) is 0 Å². The van der Waals surface area contributed by atoms with Crippen molar-refractivity contribution >= 4 is 17.9 Å². The van der Waals surface area contributed by atoms with Crippen LogP contribution in [-0.2, 0) is 16.1 Å². The lowest BCUT2D eigenvalue weighted by Crippen LogP contribution is -2.42. The van der Waals surface area contributed by atoms with E-state index < -0.39 is 23.8 Å². The van der Waals surface area contributed by atoms with Gasteiger partial charge in [0.15, 0.2) is 0 Å². The van der Waals surface area contributed by atoms with Crippen LogP contribution < -0.4 is 5.32 Å². The number of hydrogen-bond donors (Lipinski definition) is 2. The third-order valence-corrected chi connectivity index (χ3v) is 3.44. The van der Waals surface area contributed by atoms with Crippen LogP contribution in [0.25, 0.3) is 0 Å². The number of amides is 2. The van der Waals surface area contributed by atoms with Gasteiger partial charge in [-0.05, 0) is 26.3 Å². The van der Waals surface area contributed by atoms with Crippen LogP contribution in [0.15, 0.2) is 35.5 Å². The smallest absolute Gasteiger partial charge is 0.410 e. The second-order valence-corrected chi connectivity index (χ2v) is 6.71. The summed E-state index contributed by atoms with van der Waals surface area (Å²) >= 11 is 0. The molecule has 1 aromatic carbocycles. The summed E-state index contributed by atoms with van der Waals surface area (Å²) in [6, 6.07) is 8.63. The SMILES string of the molecule is CC(C)(C)OC(=O)N1C/C(=N\O)C(NC(=O)OCc2ccccc2)C1. The van der Waals surface area contributed by atoms with Crippen molar-refractivity contribution in [3.63, 3.8) is 0 Å². The molecule has 1 saturated heterocycles. The van der Waals surface area contributed by atoms with Crippen LogP contribution in [0.2, 0.25) is 0 Å². The molecule has 136 valence electrons. The zero-order valence-electron chi connectivity index (χ0n) is 14.6. The predicted octanol–water partition coefficient (Wildman–Crippen LogP) is 2.36. The van der Waals surface area contributed by atoms with E-state index in [-0.39, 0.29) is 25.4 Å². The standard InChI is InChI=1S/C17H23N3O5/c1-17(2,3)25-16(22)20-9-13(14(10-20)19-23)18-15(21)24-11-12-7-5-4-6-8-12/h4-8,13,23H,9-11H2,1-3H3,(H,18,21)/b19-14+. The number of benzene rings is 1. The number of oxime groups is 1. The monoisotopic (exact) mass is 349 g/mol. The average Bonchev–Trinajstić information content (AvgIpc) is 2.95. The molecule has 0 bridgehead atoms. The first-order valence-corrected chi connectivity index (χ1v) is 7.94. The molecule has 1 atom stereocenters. The molecule has 0 radical (unpaired) electrons. The number of carbonyl (C=O) groups is 2. The predicted molar refractivity (Wildman–Crippen MR) is 90.6 cm³/mol. The summed E-state index contributed by atoms with van der Waals surface area (Å²) in [6.07, 6.45) is -1.18. The molecule has 1 aromatic rings. The first-order valence-electron chi connectivity index (χ1n) is 7.94. The third-order valence-electron chi connectivity index (χ3n) is 3.44. The van der Waals surface area contributed by atoms with E-state index in [0.717, 1.165) is 5.56 Å². The van der Waals surface area contributed by atoms with Crippen LogP contribution in [0, 0.1) is 0 Å². The van der Waals surface area contributed by atoms with Crippen LogP contribution >= 0.6 is 0 Å². The molecule has 0 spiro atoms. The number of nitrogens with zero attached hydrogens (tertiary/aromatic N) is 2. The number of rotatable bonds is 3. The fourth-order valence-electron chi connectivity index (χ4n) is 2.30. The maximum Gasteiger partial charge on any atom is 0.410 e. The lowest BCUT2D eigenvalue weighted by Gasteiger charge is -2.24. The van der Waals surface area contributed by atoms with Crippen molar-refractivity contribution in [1.29, 1.82) is 0 Å². The third kappa shape index (κ3) is 5.66. The summed E-state index contributed by atoms with van der Waals surface area (Å²) in [5, 5.41) is 14.9. The summed E-state index contributed by atoms with van der Waals surface area (Å²) in [7, 11) is 0. The van der Waals surface area contributed by atoms with E-state index in [0.29, 0.717) is 0 Å². The van der Waals surface area contributed by atoms with Crippen LogP contribution in [0.4, 0.5) is 9.59 Å². The molecule has 2 rings (SSSR count). The second kappa shape index (κ2) is 7.87. The van der Waals surface area contributed by atoms with Crippen LogP contribution in [-0.4, -0.2) is 52.7 Å². The normalized spacial score (nSPS) is 18.9. The number of alkyl carbamates (subject to hydrolysis) is 1. The first kappa shape index (κ1) is 18.6. The van der Waals surface area contributed by atoms with E-state index in [2.05, 4.69) is 10.5 Å². The molecule has 1 heterocycles. The fourth-order valence-corrected chi connectivity index (χ4v) is 2.30. The Morgan fingerprint density at radius 3 is 2.60 bits per heavy atom. The fraction of sp³-hybridized carbons (Fsp3) is 0.471. The molecule has 1 fully saturated rings. The van der Waals surface area contributed by atoms with Crippen LogP contribution in [0.3, 0.4) is 0 Å². The molecule has 8 nitrogen and oxygen atoms in total. The molecule has 8 heteroatoms. The summed E-state index contributed by atoms with van der Waals surface area (Å²) in [6.45, 7) is 5.64. The van der Waals surface area contributed by atoms with Crippen molar-refractivity contribution in [1.82, 2.24) is 10.2 Å². The molecular weight excluding hydrogens is 326 g/mol. The van der Waals surface area contributed by atoms with Gasteiger partial charge in [0.05, 0.1) is 19.1 Å². The van der Waals surface area contributed by atoms with E-state index in [1.807, 2.05) is 30.3 Å². The largest absolute Gasteiger partial charge is 0.445 e. The van der Waals surface area contributed by atoms with Gasteiger partial charge in [0.25, 0.3) is 0 Å². The summed E-state index contributed by atoms with van der Waals surface area (Å²) < 4.78 is 10.4. The zero-order valence-corrected chi connectivity index (χ0v) is 14.6. The van der Waals surface area contributed by atoms with Crippen molar-refractivity contribution in [2.45, 2.75) is 39.0 Å². The number of carbonyl (C=O) groups excluding carboxylic acids is 2. The molecule has 25 heavy (non-hydrogen) atoms. The van der Waals surface area contributed by atoms with E-state index in [1.165, 1.54) is 4.90 Å². The maximum absolute atomic E-state index is 12.1. The maximum atomic E-state index is 12.1. The van der Waals surface area contributed by atoms with Crippen molar-refractivity contribution < 1.29 is 24.3 Å².